The van der Waals surface area contributed by atoms with Crippen molar-refractivity contribution in [2.75, 3.05) is 37.7 Å². The van der Waals surface area contributed by atoms with Crippen LogP contribution in [0.4, 0.5) is 5.69 Å². The second-order valence-electron chi connectivity index (χ2n) is 8.19. The van der Waals surface area contributed by atoms with Gasteiger partial charge in [-0.3, -0.25) is 9.10 Å². The van der Waals surface area contributed by atoms with Crippen molar-refractivity contribution in [3.05, 3.63) is 53.6 Å². The summed E-state index contributed by atoms with van der Waals surface area (Å²) in [6.07, 6.45) is 3.29. The van der Waals surface area contributed by atoms with Crippen LogP contribution in [0, 0.1) is 0 Å². The molecule has 1 unspecified atom stereocenters. The Morgan fingerprint density at radius 2 is 2.00 bits per heavy atom. The highest BCUT2D eigenvalue weighted by Crippen LogP contribution is 2.35. The second-order valence-corrected chi connectivity index (χ2v) is 10.0. The third-order valence-corrected chi connectivity index (χ3v) is 7.75. The number of para-hydroxylation sites is 1. The van der Waals surface area contributed by atoms with E-state index >= 15 is 0 Å². The lowest BCUT2D eigenvalue weighted by molar-refractivity contribution is -0.124. The number of carbonyl (C=O) groups excluding carboxylic acids is 2. The number of methoxy groups -OCH3 is 1. The molecule has 1 saturated heterocycles. The SMILES string of the molecule is COc1ccc(C(=O)OCC(=O)NCC2CCCO2)cc1S(=O)(=O)N1CCCc2ccccc21. The van der Waals surface area contributed by atoms with Gasteiger partial charge < -0.3 is 19.5 Å². The van der Waals surface area contributed by atoms with Crippen LogP contribution >= 0.6 is 0 Å². The van der Waals surface area contributed by atoms with Gasteiger partial charge in [-0.2, -0.15) is 0 Å². The van der Waals surface area contributed by atoms with Gasteiger partial charge in [0.05, 0.1) is 24.5 Å². The summed E-state index contributed by atoms with van der Waals surface area (Å²) in [5.41, 5.74) is 1.57. The Balaban J connectivity index is 1.49. The summed E-state index contributed by atoms with van der Waals surface area (Å²) in [6.45, 7) is 0.890. The number of nitrogens with one attached hydrogen (secondary N) is 1. The molecule has 0 saturated carbocycles. The van der Waals surface area contributed by atoms with Gasteiger partial charge >= 0.3 is 5.97 Å². The van der Waals surface area contributed by atoms with E-state index in [4.69, 9.17) is 14.2 Å². The molecule has 0 spiro atoms. The maximum Gasteiger partial charge on any atom is 0.338 e. The predicted molar refractivity (Wildman–Crippen MR) is 125 cm³/mol. The first-order valence-electron chi connectivity index (χ1n) is 11.2. The Morgan fingerprint density at radius 1 is 1.18 bits per heavy atom. The molecule has 1 atom stereocenters. The zero-order chi connectivity index (χ0) is 24.1. The lowest BCUT2D eigenvalue weighted by Gasteiger charge is -2.30. The van der Waals surface area contributed by atoms with E-state index in [1.807, 2.05) is 12.1 Å². The quantitative estimate of drug-likeness (QED) is 0.568. The van der Waals surface area contributed by atoms with Gasteiger partial charge in [-0.1, -0.05) is 18.2 Å². The monoisotopic (exact) mass is 488 g/mol. The van der Waals surface area contributed by atoms with Gasteiger partial charge in [0.2, 0.25) is 0 Å². The van der Waals surface area contributed by atoms with Crippen LogP contribution in [-0.2, 0) is 30.7 Å². The molecule has 1 fully saturated rings. The Labute approximate surface area is 199 Å². The topological polar surface area (TPSA) is 111 Å². The fourth-order valence-electron chi connectivity index (χ4n) is 4.17. The zero-order valence-corrected chi connectivity index (χ0v) is 19.8. The summed E-state index contributed by atoms with van der Waals surface area (Å²) in [5.74, 6) is -1.13. The van der Waals surface area contributed by atoms with E-state index in [2.05, 4.69) is 5.32 Å². The summed E-state index contributed by atoms with van der Waals surface area (Å²) < 4.78 is 44.4. The fraction of sp³-hybridized carbons (Fsp3) is 0.417. The van der Waals surface area contributed by atoms with E-state index in [9.17, 15) is 18.0 Å². The Morgan fingerprint density at radius 3 is 2.76 bits per heavy atom. The molecular formula is C24H28N2O7S. The summed E-state index contributed by atoms with van der Waals surface area (Å²) in [7, 11) is -2.65. The Bertz CT molecular complexity index is 1160. The summed E-state index contributed by atoms with van der Waals surface area (Å²) >= 11 is 0. The molecule has 2 heterocycles. The lowest BCUT2D eigenvalue weighted by Crippen LogP contribution is -2.36. The lowest BCUT2D eigenvalue weighted by atomic mass is 10.0. The average molecular weight is 489 g/mol. The average Bonchev–Trinajstić information content (AvgIpc) is 3.39. The van der Waals surface area contributed by atoms with Crippen molar-refractivity contribution in [2.45, 2.75) is 36.7 Å². The minimum absolute atomic E-state index is 0.0107. The maximum atomic E-state index is 13.6. The Kier molecular flexibility index (Phi) is 7.38. The molecule has 0 aliphatic carbocycles. The molecule has 4 rings (SSSR count). The van der Waals surface area contributed by atoms with E-state index < -0.39 is 28.5 Å². The normalized spacial score (nSPS) is 17.7. The van der Waals surface area contributed by atoms with Gasteiger partial charge in [0.1, 0.15) is 10.6 Å². The number of aryl methyl sites for hydroxylation is 1. The number of amides is 1. The van der Waals surface area contributed by atoms with Crippen LogP contribution in [0.25, 0.3) is 0 Å². The second kappa shape index (κ2) is 10.4. The van der Waals surface area contributed by atoms with Crippen LogP contribution < -0.4 is 14.4 Å². The van der Waals surface area contributed by atoms with Crippen LogP contribution in [0.3, 0.4) is 0 Å². The van der Waals surface area contributed by atoms with E-state index in [0.29, 0.717) is 31.8 Å². The molecule has 0 aromatic heterocycles. The highest BCUT2D eigenvalue weighted by Gasteiger charge is 2.32. The number of anilines is 1. The van der Waals surface area contributed by atoms with Gasteiger partial charge in [0, 0.05) is 19.7 Å². The van der Waals surface area contributed by atoms with E-state index in [1.54, 1.807) is 12.1 Å². The molecule has 0 bridgehead atoms. The number of hydrogen-bond acceptors (Lipinski definition) is 7. The van der Waals surface area contributed by atoms with Crippen molar-refractivity contribution < 1.29 is 32.2 Å². The summed E-state index contributed by atoms with van der Waals surface area (Å²) in [5, 5.41) is 2.67. The largest absolute Gasteiger partial charge is 0.495 e. The van der Waals surface area contributed by atoms with Crippen LogP contribution in [-0.4, -0.2) is 59.8 Å². The third-order valence-electron chi connectivity index (χ3n) is 5.92. The maximum absolute atomic E-state index is 13.6. The molecule has 2 aromatic carbocycles. The number of nitrogens with zero attached hydrogens (tertiary/aromatic N) is 1. The molecular weight excluding hydrogens is 460 g/mol. The summed E-state index contributed by atoms with van der Waals surface area (Å²) in [6, 6.07) is 11.4. The van der Waals surface area contributed by atoms with Crippen molar-refractivity contribution in [3.8, 4) is 5.75 Å². The molecule has 2 aliphatic heterocycles. The third kappa shape index (κ3) is 5.18. The molecule has 9 nitrogen and oxygen atoms in total. The number of esters is 1. The van der Waals surface area contributed by atoms with Gasteiger partial charge in [0.25, 0.3) is 15.9 Å². The van der Waals surface area contributed by atoms with Crippen molar-refractivity contribution >= 4 is 27.6 Å². The number of fused-ring (bicyclic) bond motifs is 1. The van der Waals surface area contributed by atoms with E-state index in [-0.39, 0.29) is 22.3 Å². The highest BCUT2D eigenvalue weighted by molar-refractivity contribution is 7.93. The van der Waals surface area contributed by atoms with Crippen LogP contribution in [0.1, 0.15) is 35.2 Å². The number of sulfonamides is 1. The molecule has 2 aliphatic rings. The van der Waals surface area contributed by atoms with Gasteiger partial charge in [-0.05, 0) is 55.5 Å². The number of rotatable bonds is 8. The number of carbonyl (C=O) groups is 2. The first-order chi connectivity index (χ1) is 16.4. The van der Waals surface area contributed by atoms with E-state index in [0.717, 1.165) is 24.8 Å². The smallest absolute Gasteiger partial charge is 0.338 e. The van der Waals surface area contributed by atoms with Gasteiger partial charge in [-0.15, -0.1) is 0 Å². The summed E-state index contributed by atoms with van der Waals surface area (Å²) in [4.78, 5) is 24.5. The van der Waals surface area contributed by atoms with E-state index in [1.165, 1.54) is 29.6 Å². The van der Waals surface area contributed by atoms with Crippen LogP contribution in [0.15, 0.2) is 47.4 Å². The molecule has 1 amide bonds. The van der Waals surface area contributed by atoms with Crippen molar-refractivity contribution in [2.24, 2.45) is 0 Å². The highest BCUT2D eigenvalue weighted by atomic mass is 32.2. The predicted octanol–water partition coefficient (Wildman–Crippen LogP) is 2.29. The number of benzene rings is 2. The molecule has 10 heteroatoms. The minimum Gasteiger partial charge on any atom is -0.495 e. The van der Waals surface area contributed by atoms with Crippen molar-refractivity contribution in [3.63, 3.8) is 0 Å². The first-order valence-corrected chi connectivity index (χ1v) is 12.7. The standard InChI is InChI=1S/C24H28N2O7S/c1-31-21-11-10-18(24(28)33-16-23(27)25-15-19-8-5-13-32-19)14-22(21)34(29,30)26-12-4-7-17-6-2-3-9-20(17)26/h2-3,6,9-11,14,19H,4-5,7-8,12-13,15-16H2,1H3,(H,25,27). The first kappa shape index (κ1) is 24.0. The van der Waals surface area contributed by atoms with Crippen LogP contribution in [0.2, 0.25) is 0 Å². The molecule has 1 N–H and O–H groups in total. The zero-order valence-electron chi connectivity index (χ0n) is 19.0. The fourth-order valence-corrected chi connectivity index (χ4v) is 5.90. The molecule has 0 radical (unpaired) electrons. The van der Waals surface area contributed by atoms with Gasteiger partial charge in [-0.25, -0.2) is 13.2 Å². The molecule has 2 aromatic rings. The van der Waals surface area contributed by atoms with Gasteiger partial charge in [0.15, 0.2) is 6.61 Å². The molecule has 182 valence electrons. The Hall–Kier alpha value is -3.11. The number of ether oxygens (including phenoxy) is 3. The number of hydrogen-bond donors (Lipinski definition) is 1. The van der Waals surface area contributed by atoms with Crippen molar-refractivity contribution in [1.29, 1.82) is 0 Å². The van der Waals surface area contributed by atoms with Crippen molar-refractivity contribution in [1.82, 2.24) is 5.32 Å². The minimum atomic E-state index is -4.02. The van der Waals surface area contributed by atoms with Crippen LogP contribution in [0.5, 0.6) is 5.75 Å². The molecule has 34 heavy (non-hydrogen) atoms.